The molecule has 0 radical (unpaired) electrons. The van der Waals surface area contributed by atoms with E-state index in [1.165, 1.54) is 0 Å². The number of nitrogens with zero attached hydrogens (tertiary/aromatic N) is 1. The van der Waals surface area contributed by atoms with Gasteiger partial charge in [-0.1, -0.05) is 12.1 Å². The summed E-state index contributed by atoms with van der Waals surface area (Å²) in [5.74, 6) is 0.130. The molecule has 1 unspecified atom stereocenters. The molecular formula is C18H28ClN3O2. The van der Waals surface area contributed by atoms with Crippen molar-refractivity contribution in [1.29, 1.82) is 0 Å². The molecule has 1 aromatic rings. The van der Waals surface area contributed by atoms with Gasteiger partial charge >= 0.3 is 0 Å². The van der Waals surface area contributed by atoms with Gasteiger partial charge in [-0.15, -0.1) is 12.4 Å². The van der Waals surface area contributed by atoms with Gasteiger partial charge in [0.1, 0.15) is 0 Å². The highest BCUT2D eigenvalue weighted by molar-refractivity contribution is 5.94. The quantitative estimate of drug-likeness (QED) is 0.791. The van der Waals surface area contributed by atoms with Crippen molar-refractivity contribution in [2.75, 3.05) is 19.6 Å². The molecule has 24 heavy (non-hydrogen) atoms. The summed E-state index contributed by atoms with van der Waals surface area (Å²) >= 11 is 0. The maximum Gasteiger partial charge on any atom is 0.253 e. The third-order valence-electron chi connectivity index (χ3n) is 4.34. The van der Waals surface area contributed by atoms with Crippen LogP contribution in [-0.4, -0.2) is 42.4 Å². The normalized spacial score (nSPS) is 16.3. The van der Waals surface area contributed by atoms with Crippen LogP contribution in [-0.2, 0) is 11.3 Å². The highest BCUT2D eigenvalue weighted by Crippen LogP contribution is 2.10. The summed E-state index contributed by atoms with van der Waals surface area (Å²) in [5, 5.41) is 6.27. The van der Waals surface area contributed by atoms with Gasteiger partial charge in [-0.05, 0) is 50.9 Å². The Hall–Kier alpha value is -1.59. The highest BCUT2D eigenvalue weighted by Gasteiger charge is 2.17. The molecule has 1 saturated heterocycles. The van der Waals surface area contributed by atoms with Crippen LogP contribution >= 0.6 is 12.4 Å². The molecule has 0 saturated carbocycles. The molecule has 0 bridgehead atoms. The molecule has 2 rings (SSSR count). The van der Waals surface area contributed by atoms with Crippen LogP contribution < -0.4 is 10.6 Å². The lowest BCUT2D eigenvalue weighted by Crippen LogP contribution is -2.31. The Morgan fingerprint density at radius 1 is 1.21 bits per heavy atom. The van der Waals surface area contributed by atoms with E-state index in [0.29, 0.717) is 37.7 Å². The van der Waals surface area contributed by atoms with E-state index in [1.54, 1.807) is 4.90 Å². The van der Waals surface area contributed by atoms with E-state index in [9.17, 15) is 9.59 Å². The molecule has 1 atom stereocenters. The lowest BCUT2D eigenvalue weighted by molar-refractivity contribution is -0.121. The van der Waals surface area contributed by atoms with Crippen molar-refractivity contribution in [2.24, 2.45) is 0 Å². The van der Waals surface area contributed by atoms with Gasteiger partial charge in [-0.2, -0.15) is 0 Å². The number of rotatable bonds is 7. The van der Waals surface area contributed by atoms with E-state index in [-0.39, 0.29) is 24.2 Å². The molecule has 134 valence electrons. The van der Waals surface area contributed by atoms with Gasteiger partial charge in [0.2, 0.25) is 5.91 Å². The predicted octanol–water partition coefficient (Wildman–Crippen LogP) is 2.35. The molecule has 2 N–H and O–H groups in total. The predicted molar refractivity (Wildman–Crippen MR) is 98.4 cm³/mol. The van der Waals surface area contributed by atoms with Crippen molar-refractivity contribution in [2.45, 2.75) is 45.7 Å². The number of hydrogen-bond donors (Lipinski definition) is 2. The number of hydrogen-bond acceptors (Lipinski definition) is 3. The maximum atomic E-state index is 12.2. The number of carbonyl (C=O) groups is 2. The summed E-state index contributed by atoms with van der Waals surface area (Å²) in [6.07, 6.45) is 2.77. The second kappa shape index (κ2) is 10.3. The van der Waals surface area contributed by atoms with Crippen LogP contribution in [0.1, 0.15) is 49.0 Å². The molecule has 1 aliphatic rings. The average molecular weight is 354 g/mol. The van der Waals surface area contributed by atoms with Crippen LogP contribution in [0, 0.1) is 0 Å². The standard InChI is InChI=1S/C18H27N3O2.ClH/c1-3-21(4-2)18(23)15-9-7-14(8-10-15)13-20-17(22)12-16-6-5-11-19-16;/h7-10,16,19H,3-6,11-13H2,1-2H3,(H,20,22);1H. The molecule has 0 spiro atoms. The van der Waals surface area contributed by atoms with Crippen molar-refractivity contribution in [1.82, 2.24) is 15.5 Å². The van der Waals surface area contributed by atoms with Crippen LogP contribution in [0.25, 0.3) is 0 Å². The topological polar surface area (TPSA) is 61.4 Å². The summed E-state index contributed by atoms with van der Waals surface area (Å²) in [4.78, 5) is 25.9. The fraction of sp³-hybridized carbons (Fsp3) is 0.556. The summed E-state index contributed by atoms with van der Waals surface area (Å²) < 4.78 is 0. The van der Waals surface area contributed by atoms with Gasteiger partial charge in [0.25, 0.3) is 5.91 Å². The summed E-state index contributed by atoms with van der Waals surface area (Å²) in [6.45, 7) is 6.89. The lowest BCUT2D eigenvalue weighted by atomic mass is 10.1. The summed E-state index contributed by atoms with van der Waals surface area (Å²) in [6, 6.07) is 7.81. The fourth-order valence-electron chi connectivity index (χ4n) is 2.89. The molecular weight excluding hydrogens is 326 g/mol. The Kier molecular flexibility index (Phi) is 8.79. The average Bonchev–Trinajstić information content (AvgIpc) is 3.07. The molecule has 0 aromatic heterocycles. The van der Waals surface area contributed by atoms with Crippen molar-refractivity contribution in [3.8, 4) is 0 Å². The molecule has 1 aromatic carbocycles. The third-order valence-corrected chi connectivity index (χ3v) is 4.34. The smallest absolute Gasteiger partial charge is 0.253 e. The Morgan fingerprint density at radius 2 is 1.88 bits per heavy atom. The Bertz CT molecular complexity index is 524. The zero-order chi connectivity index (χ0) is 16.7. The minimum Gasteiger partial charge on any atom is -0.352 e. The minimum atomic E-state index is 0. The maximum absolute atomic E-state index is 12.2. The Morgan fingerprint density at radius 3 is 2.42 bits per heavy atom. The Balaban J connectivity index is 0.00000288. The van der Waals surface area contributed by atoms with Crippen molar-refractivity contribution in [3.63, 3.8) is 0 Å². The molecule has 0 aliphatic carbocycles. The summed E-state index contributed by atoms with van der Waals surface area (Å²) in [7, 11) is 0. The second-order valence-electron chi connectivity index (χ2n) is 5.95. The van der Waals surface area contributed by atoms with Gasteiger partial charge in [0.05, 0.1) is 0 Å². The van der Waals surface area contributed by atoms with E-state index in [4.69, 9.17) is 0 Å². The summed E-state index contributed by atoms with van der Waals surface area (Å²) in [5.41, 5.74) is 1.70. The van der Waals surface area contributed by atoms with Crippen LogP contribution in [0.4, 0.5) is 0 Å². The highest BCUT2D eigenvalue weighted by atomic mass is 35.5. The van der Waals surface area contributed by atoms with Crippen LogP contribution in [0.2, 0.25) is 0 Å². The number of benzene rings is 1. The first-order valence-corrected chi connectivity index (χ1v) is 8.52. The first-order valence-electron chi connectivity index (χ1n) is 8.52. The largest absolute Gasteiger partial charge is 0.352 e. The molecule has 5 nitrogen and oxygen atoms in total. The van der Waals surface area contributed by atoms with Gasteiger partial charge in [0, 0.05) is 37.7 Å². The van der Waals surface area contributed by atoms with E-state index < -0.39 is 0 Å². The lowest BCUT2D eigenvalue weighted by Gasteiger charge is -2.18. The van der Waals surface area contributed by atoms with Crippen LogP contribution in [0.3, 0.4) is 0 Å². The first kappa shape index (κ1) is 20.5. The van der Waals surface area contributed by atoms with Crippen molar-refractivity contribution >= 4 is 24.2 Å². The first-order chi connectivity index (χ1) is 11.1. The van der Waals surface area contributed by atoms with Crippen LogP contribution in [0.15, 0.2) is 24.3 Å². The second-order valence-corrected chi connectivity index (χ2v) is 5.95. The number of carbonyl (C=O) groups excluding carboxylic acids is 2. The number of halogens is 1. The molecule has 1 heterocycles. The third kappa shape index (κ3) is 5.80. The Labute approximate surface area is 150 Å². The SMILES string of the molecule is CCN(CC)C(=O)c1ccc(CNC(=O)CC2CCCN2)cc1.Cl. The number of nitrogens with one attached hydrogen (secondary N) is 2. The molecule has 1 fully saturated rings. The van der Waals surface area contributed by atoms with E-state index in [0.717, 1.165) is 24.9 Å². The van der Waals surface area contributed by atoms with Crippen LogP contribution in [0.5, 0.6) is 0 Å². The monoisotopic (exact) mass is 353 g/mol. The number of amides is 2. The van der Waals surface area contributed by atoms with Gasteiger partial charge in [-0.3, -0.25) is 9.59 Å². The van der Waals surface area contributed by atoms with Crippen molar-refractivity contribution < 1.29 is 9.59 Å². The van der Waals surface area contributed by atoms with Gasteiger partial charge in [0.15, 0.2) is 0 Å². The van der Waals surface area contributed by atoms with Gasteiger partial charge < -0.3 is 15.5 Å². The zero-order valence-corrected chi connectivity index (χ0v) is 15.3. The molecule has 2 amide bonds. The van der Waals surface area contributed by atoms with Crippen molar-refractivity contribution in [3.05, 3.63) is 35.4 Å². The molecule has 1 aliphatic heterocycles. The van der Waals surface area contributed by atoms with E-state index in [2.05, 4.69) is 10.6 Å². The fourth-order valence-corrected chi connectivity index (χ4v) is 2.89. The minimum absolute atomic E-state index is 0. The van der Waals surface area contributed by atoms with E-state index >= 15 is 0 Å². The molecule has 6 heteroatoms. The van der Waals surface area contributed by atoms with E-state index in [1.807, 2.05) is 38.1 Å². The zero-order valence-electron chi connectivity index (χ0n) is 14.5. The van der Waals surface area contributed by atoms with Gasteiger partial charge in [-0.25, -0.2) is 0 Å².